The van der Waals surface area contributed by atoms with Gasteiger partial charge in [0, 0.05) is 6.92 Å². The zero-order valence-electron chi connectivity index (χ0n) is 12.0. The molecule has 23 heavy (non-hydrogen) atoms. The fraction of sp³-hybridized carbons (Fsp3) is 0.0625. The highest BCUT2D eigenvalue weighted by Gasteiger charge is 2.21. The van der Waals surface area contributed by atoms with Gasteiger partial charge >= 0.3 is 17.9 Å². The Morgan fingerprint density at radius 2 is 1.57 bits per heavy atom. The van der Waals surface area contributed by atoms with Crippen molar-refractivity contribution in [3.63, 3.8) is 0 Å². The number of benzene rings is 2. The minimum absolute atomic E-state index is 0.0120. The molecule has 0 saturated carbocycles. The third-order valence-corrected chi connectivity index (χ3v) is 2.78. The predicted molar refractivity (Wildman–Crippen MR) is 77.8 cm³/mol. The SMILES string of the molecule is CC(=O)Oc1ccccc1C(=O)Oc1cccc(O)c1C(=O)O. The standard InChI is InChI=1S/C16H12O7/c1-9(17)22-12-7-3-2-5-10(12)16(21)23-13-8-4-6-11(18)14(13)15(19)20/h2-8,18H,1H3,(H,19,20). The summed E-state index contributed by atoms with van der Waals surface area (Å²) in [6, 6.07) is 9.59. The first kappa shape index (κ1) is 16.0. The van der Waals surface area contributed by atoms with E-state index in [0.29, 0.717) is 0 Å². The summed E-state index contributed by atoms with van der Waals surface area (Å²) < 4.78 is 9.93. The van der Waals surface area contributed by atoms with E-state index < -0.39 is 29.2 Å². The molecule has 0 aliphatic carbocycles. The van der Waals surface area contributed by atoms with Crippen LogP contribution in [0.5, 0.6) is 17.2 Å². The Bertz CT molecular complexity index is 780. The second-order valence-corrected chi connectivity index (χ2v) is 4.43. The van der Waals surface area contributed by atoms with Gasteiger partial charge in [0.05, 0.1) is 0 Å². The van der Waals surface area contributed by atoms with Gasteiger partial charge in [-0.1, -0.05) is 18.2 Å². The minimum atomic E-state index is -1.45. The minimum Gasteiger partial charge on any atom is -0.507 e. The molecule has 0 fully saturated rings. The normalized spacial score (nSPS) is 9.96. The summed E-state index contributed by atoms with van der Waals surface area (Å²) in [7, 11) is 0. The Kier molecular flexibility index (Phi) is 4.61. The van der Waals surface area contributed by atoms with Crippen molar-refractivity contribution in [2.45, 2.75) is 6.92 Å². The lowest BCUT2D eigenvalue weighted by Crippen LogP contribution is -2.14. The van der Waals surface area contributed by atoms with E-state index in [-0.39, 0.29) is 17.1 Å². The van der Waals surface area contributed by atoms with Crippen molar-refractivity contribution in [2.24, 2.45) is 0 Å². The van der Waals surface area contributed by atoms with E-state index in [4.69, 9.17) is 14.6 Å². The molecule has 118 valence electrons. The Hall–Kier alpha value is -3.35. The number of ether oxygens (including phenoxy) is 2. The van der Waals surface area contributed by atoms with Gasteiger partial charge < -0.3 is 19.7 Å². The van der Waals surface area contributed by atoms with Crippen LogP contribution in [0.2, 0.25) is 0 Å². The number of carbonyl (C=O) groups is 3. The molecular formula is C16H12O7. The smallest absolute Gasteiger partial charge is 0.347 e. The lowest BCUT2D eigenvalue weighted by atomic mass is 10.1. The summed E-state index contributed by atoms with van der Waals surface area (Å²) in [6.07, 6.45) is 0. The fourth-order valence-electron chi connectivity index (χ4n) is 1.85. The molecule has 0 aromatic heterocycles. The van der Waals surface area contributed by atoms with Crippen molar-refractivity contribution in [3.8, 4) is 17.2 Å². The van der Waals surface area contributed by atoms with Gasteiger partial charge in [0.1, 0.15) is 28.4 Å². The number of carboxylic acid groups (broad SMARTS) is 1. The first-order valence-electron chi connectivity index (χ1n) is 6.45. The third-order valence-electron chi connectivity index (χ3n) is 2.78. The van der Waals surface area contributed by atoms with Crippen LogP contribution in [0.1, 0.15) is 27.6 Å². The Balaban J connectivity index is 2.36. The number of aromatic carboxylic acids is 1. The molecule has 7 heteroatoms. The zero-order valence-corrected chi connectivity index (χ0v) is 12.0. The highest BCUT2D eigenvalue weighted by atomic mass is 16.6. The van der Waals surface area contributed by atoms with Crippen molar-refractivity contribution < 1.29 is 34.1 Å². The van der Waals surface area contributed by atoms with Gasteiger partial charge in [-0.25, -0.2) is 9.59 Å². The van der Waals surface area contributed by atoms with Crippen LogP contribution < -0.4 is 9.47 Å². The van der Waals surface area contributed by atoms with Crippen LogP contribution in [0.25, 0.3) is 0 Å². The summed E-state index contributed by atoms with van der Waals surface area (Å²) in [5.41, 5.74) is -0.590. The van der Waals surface area contributed by atoms with Crippen molar-refractivity contribution in [3.05, 3.63) is 53.6 Å². The van der Waals surface area contributed by atoms with Crippen LogP contribution in [0.3, 0.4) is 0 Å². The maximum absolute atomic E-state index is 12.2. The molecule has 0 aliphatic heterocycles. The van der Waals surface area contributed by atoms with Crippen LogP contribution in [0.15, 0.2) is 42.5 Å². The van der Waals surface area contributed by atoms with E-state index in [1.807, 2.05) is 0 Å². The largest absolute Gasteiger partial charge is 0.507 e. The molecule has 7 nitrogen and oxygen atoms in total. The molecule has 2 N–H and O–H groups in total. The van der Waals surface area contributed by atoms with E-state index in [2.05, 4.69) is 0 Å². The lowest BCUT2D eigenvalue weighted by Gasteiger charge is -2.11. The Morgan fingerprint density at radius 1 is 0.913 bits per heavy atom. The first-order chi connectivity index (χ1) is 10.9. The zero-order chi connectivity index (χ0) is 17.0. The average molecular weight is 316 g/mol. The second-order valence-electron chi connectivity index (χ2n) is 4.43. The van der Waals surface area contributed by atoms with Crippen LogP contribution in [0.4, 0.5) is 0 Å². The van der Waals surface area contributed by atoms with Gasteiger partial charge in [-0.3, -0.25) is 4.79 Å². The summed E-state index contributed by atoms with van der Waals surface area (Å²) in [5.74, 6) is -3.85. The number of carboxylic acids is 1. The summed E-state index contributed by atoms with van der Waals surface area (Å²) in [4.78, 5) is 34.4. The molecule has 0 amide bonds. The van der Waals surface area contributed by atoms with E-state index in [0.717, 1.165) is 6.07 Å². The Labute approximate surface area is 130 Å². The molecule has 2 rings (SSSR count). The molecule has 0 unspecified atom stereocenters. The number of aromatic hydroxyl groups is 1. The van der Waals surface area contributed by atoms with E-state index in [1.165, 1.54) is 37.3 Å². The van der Waals surface area contributed by atoms with Crippen molar-refractivity contribution in [1.82, 2.24) is 0 Å². The average Bonchev–Trinajstić information content (AvgIpc) is 2.46. The third kappa shape index (κ3) is 3.65. The molecule has 0 heterocycles. The number of rotatable bonds is 4. The van der Waals surface area contributed by atoms with Gasteiger partial charge in [-0.05, 0) is 24.3 Å². The van der Waals surface area contributed by atoms with Crippen molar-refractivity contribution in [2.75, 3.05) is 0 Å². The van der Waals surface area contributed by atoms with Gasteiger partial charge in [-0.2, -0.15) is 0 Å². The number of hydrogen-bond donors (Lipinski definition) is 2. The maximum atomic E-state index is 12.2. The molecule has 0 saturated heterocycles. The molecule has 0 aliphatic rings. The number of hydrogen-bond acceptors (Lipinski definition) is 6. The monoisotopic (exact) mass is 316 g/mol. The second kappa shape index (κ2) is 6.61. The predicted octanol–water partition coefficient (Wildman–Crippen LogP) is 2.23. The summed E-state index contributed by atoms with van der Waals surface area (Å²) in [6.45, 7) is 1.18. The number of phenols is 1. The molecule has 0 spiro atoms. The molecule has 2 aromatic rings. The number of carbonyl (C=O) groups excluding carboxylic acids is 2. The molecule has 2 aromatic carbocycles. The highest BCUT2D eigenvalue weighted by molar-refractivity contribution is 5.98. The van der Waals surface area contributed by atoms with Crippen LogP contribution in [-0.4, -0.2) is 28.1 Å². The quantitative estimate of drug-likeness (QED) is 0.657. The molecular weight excluding hydrogens is 304 g/mol. The van der Waals surface area contributed by atoms with E-state index >= 15 is 0 Å². The van der Waals surface area contributed by atoms with Gasteiger partial charge in [0.2, 0.25) is 0 Å². The first-order valence-corrected chi connectivity index (χ1v) is 6.45. The van der Waals surface area contributed by atoms with Crippen LogP contribution in [0, 0.1) is 0 Å². The van der Waals surface area contributed by atoms with Crippen LogP contribution in [-0.2, 0) is 4.79 Å². The molecule has 0 atom stereocenters. The van der Waals surface area contributed by atoms with E-state index in [9.17, 15) is 19.5 Å². The lowest BCUT2D eigenvalue weighted by molar-refractivity contribution is -0.131. The number of para-hydroxylation sites is 1. The topological polar surface area (TPSA) is 110 Å². The van der Waals surface area contributed by atoms with E-state index in [1.54, 1.807) is 6.07 Å². The van der Waals surface area contributed by atoms with Crippen molar-refractivity contribution >= 4 is 17.9 Å². The summed E-state index contributed by atoms with van der Waals surface area (Å²) in [5, 5.41) is 18.7. The Morgan fingerprint density at radius 3 is 2.22 bits per heavy atom. The van der Waals surface area contributed by atoms with Gasteiger partial charge in [0.15, 0.2) is 0 Å². The summed E-state index contributed by atoms with van der Waals surface area (Å²) >= 11 is 0. The number of esters is 2. The van der Waals surface area contributed by atoms with Gasteiger partial charge in [-0.15, -0.1) is 0 Å². The molecule has 0 bridgehead atoms. The van der Waals surface area contributed by atoms with Gasteiger partial charge in [0.25, 0.3) is 0 Å². The maximum Gasteiger partial charge on any atom is 0.347 e. The highest BCUT2D eigenvalue weighted by Crippen LogP contribution is 2.29. The molecule has 0 radical (unpaired) electrons. The van der Waals surface area contributed by atoms with Crippen LogP contribution >= 0.6 is 0 Å². The fourth-order valence-corrected chi connectivity index (χ4v) is 1.85. The van der Waals surface area contributed by atoms with Crippen molar-refractivity contribution in [1.29, 1.82) is 0 Å².